The smallest absolute Gasteiger partial charge is 0.289 e. The first-order chi connectivity index (χ1) is 20.8. The Morgan fingerprint density at radius 1 is 1.02 bits per heavy atom. The lowest BCUT2D eigenvalue weighted by atomic mass is 10.1. The number of hydrogen-bond acceptors (Lipinski definition) is 10. The van der Waals surface area contributed by atoms with Crippen LogP contribution in [0.1, 0.15) is 39.5 Å². The molecule has 0 spiro atoms. The van der Waals surface area contributed by atoms with Crippen LogP contribution in [-0.2, 0) is 18.4 Å². The predicted octanol–water partition coefficient (Wildman–Crippen LogP) is 2.02. The van der Waals surface area contributed by atoms with Crippen molar-refractivity contribution in [2.24, 2.45) is 13.0 Å². The van der Waals surface area contributed by atoms with E-state index in [1.165, 1.54) is 37.2 Å². The molecule has 4 aromatic rings. The van der Waals surface area contributed by atoms with Crippen molar-refractivity contribution >= 4 is 34.9 Å². The maximum absolute atomic E-state index is 12.6. The van der Waals surface area contributed by atoms with Crippen LogP contribution in [0.2, 0.25) is 0 Å². The number of pyridine rings is 1. The number of aryl methyl sites for hydroxylation is 1. The number of ether oxygens (including phenoxy) is 1. The first-order valence-electron chi connectivity index (χ1n) is 13.4. The lowest BCUT2D eigenvalue weighted by molar-refractivity contribution is -0.117. The first kappa shape index (κ1) is 28.9. The number of para-hydroxylation sites is 1. The average molecular weight is 584 g/mol. The molecule has 3 amide bonds. The van der Waals surface area contributed by atoms with Gasteiger partial charge < -0.3 is 30.6 Å². The van der Waals surface area contributed by atoms with Crippen LogP contribution in [0.5, 0.6) is 5.75 Å². The summed E-state index contributed by atoms with van der Waals surface area (Å²) >= 11 is 0. The Balaban J connectivity index is 1.37. The normalized spacial score (nSPS) is 12.3. The summed E-state index contributed by atoms with van der Waals surface area (Å²) in [5.74, 6) is -0.635. The van der Waals surface area contributed by atoms with Crippen molar-refractivity contribution in [2.45, 2.75) is 19.4 Å². The molecule has 0 aliphatic heterocycles. The minimum atomic E-state index is -0.531. The number of carbonyl (C=O) groups is 3. The van der Waals surface area contributed by atoms with Crippen molar-refractivity contribution in [3.8, 4) is 16.9 Å². The second kappa shape index (κ2) is 12.5. The second-order valence-corrected chi connectivity index (χ2v) is 9.77. The quantitative estimate of drug-likeness (QED) is 0.216. The molecule has 4 N–H and O–H groups in total. The highest BCUT2D eigenvalue weighted by atomic mass is 16.5. The summed E-state index contributed by atoms with van der Waals surface area (Å²) in [5.41, 5.74) is 2.21. The van der Waals surface area contributed by atoms with Gasteiger partial charge in [-0.05, 0) is 25.0 Å². The summed E-state index contributed by atoms with van der Waals surface area (Å²) in [6.45, 7) is 0.0346. The van der Waals surface area contributed by atoms with Crippen LogP contribution in [0, 0.1) is 5.92 Å². The van der Waals surface area contributed by atoms with E-state index in [9.17, 15) is 19.2 Å². The van der Waals surface area contributed by atoms with Crippen LogP contribution in [-0.4, -0.2) is 56.6 Å². The predicted molar refractivity (Wildman–Crippen MR) is 157 cm³/mol. The van der Waals surface area contributed by atoms with Gasteiger partial charge in [-0.2, -0.15) is 0 Å². The third-order valence-electron chi connectivity index (χ3n) is 6.73. The molecule has 1 saturated carbocycles. The number of nitrogens with zero attached hydrogens (tertiary/aromatic N) is 5. The maximum Gasteiger partial charge on any atom is 0.289 e. The van der Waals surface area contributed by atoms with Gasteiger partial charge in [-0.25, -0.2) is 9.97 Å². The molecule has 14 heteroatoms. The summed E-state index contributed by atoms with van der Waals surface area (Å²) in [7, 11) is 4.60. The fourth-order valence-corrected chi connectivity index (χ4v) is 4.26. The van der Waals surface area contributed by atoms with E-state index < -0.39 is 11.8 Å². The van der Waals surface area contributed by atoms with Crippen LogP contribution >= 0.6 is 0 Å². The Morgan fingerprint density at radius 3 is 2.49 bits per heavy atom. The molecule has 0 unspecified atom stereocenters. The van der Waals surface area contributed by atoms with Crippen LogP contribution in [0.4, 0.5) is 17.2 Å². The number of aromatic nitrogens is 5. The molecule has 220 valence electrons. The van der Waals surface area contributed by atoms with E-state index in [0.717, 1.165) is 12.8 Å². The highest BCUT2D eigenvalue weighted by molar-refractivity contribution is 6.00. The van der Waals surface area contributed by atoms with Crippen molar-refractivity contribution in [3.63, 3.8) is 0 Å². The summed E-state index contributed by atoms with van der Waals surface area (Å²) in [6, 6.07) is 10.2. The number of carbonyl (C=O) groups excluding carboxylic acids is 3. The molecule has 1 fully saturated rings. The SMILES string of the molecule is CNC(=O)c1nnc(NC(=O)C2CC2)cc1Nc1cccc(-c2cnc(C(=O)NCc3cccn(C)c3=O)nc2)c1OC. The fraction of sp³-hybridized carbons (Fsp3) is 0.241. The summed E-state index contributed by atoms with van der Waals surface area (Å²) in [6.07, 6.45) is 6.26. The zero-order valence-electron chi connectivity index (χ0n) is 23.7. The monoisotopic (exact) mass is 583 g/mol. The number of methoxy groups -OCH3 is 1. The highest BCUT2D eigenvalue weighted by Crippen LogP contribution is 2.38. The summed E-state index contributed by atoms with van der Waals surface area (Å²) in [5, 5.41) is 19.1. The maximum atomic E-state index is 12.6. The molecule has 1 aliphatic rings. The van der Waals surface area contributed by atoms with Gasteiger partial charge in [0.25, 0.3) is 17.4 Å². The van der Waals surface area contributed by atoms with Gasteiger partial charge in [-0.1, -0.05) is 18.2 Å². The largest absolute Gasteiger partial charge is 0.494 e. The van der Waals surface area contributed by atoms with Crippen LogP contribution < -0.4 is 31.6 Å². The Hall–Kier alpha value is -5.66. The molecule has 43 heavy (non-hydrogen) atoms. The highest BCUT2D eigenvalue weighted by Gasteiger charge is 2.30. The van der Waals surface area contributed by atoms with E-state index in [4.69, 9.17) is 4.74 Å². The minimum Gasteiger partial charge on any atom is -0.494 e. The lowest BCUT2D eigenvalue weighted by Gasteiger charge is -2.17. The number of anilines is 3. The molecular formula is C29H29N9O5. The number of amides is 3. The zero-order chi connectivity index (χ0) is 30.5. The number of nitrogens with one attached hydrogen (secondary N) is 4. The number of benzene rings is 1. The van der Waals surface area contributed by atoms with E-state index in [0.29, 0.717) is 33.8 Å². The molecule has 3 aromatic heterocycles. The van der Waals surface area contributed by atoms with Crippen molar-refractivity contribution in [3.05, 3.63) is 82.4 Å². The molecule has 3 heterocycles. The average Bonchev–Trinajstić information content (AvgIpc) is 3.87. The number of hydrogen-bond donors (Lipinski definition) is 4. The van der Waals surface area contributed by atoms with Crippen LogP contribution in [0.25, 0.3) is 11.1 Å². The molecule has 1 aromatic carbocycles. The molecule has 1 aliphatic carbocycles. The second-order valence-electron chi connectivity index (χ2n) is 9.77. The Kier molecular flexibility index (Phi) is 8.36. The van der Waals surface area contributed by atoms with Crippen LogP contribution in [0.3, 0.4) is 0 Å². The minimum absolute atomic E-state index is 0.0198. The first-order valence-corrected chi connectivity index (χ1v) is 13.4. The fourth-order valence-electron chi connectivity index (χ4n) is 4.26. The molecule has 0 saturated heterocycles. The van der Waals surface area contributed by atoms with Gasteiger partial charge in [0.05, 0.1) is 18.5 Å². The molecular weight excluding hydrogens is 554 g/mol. The molecule has 0 atom stereocenters. The van der Waals surface area contributed by atoms with E-state index in [2.05, 4.69) is 41.4 Å². The third-order valence-corrected chi connectivity index (χ3v) is 6.73. The molecule has 0 radical (unpaired) electrons. The third kappa shape index (κ3) is 6.48. The molecule has 0 bridgehead atoms. The van der Waals surface area contributed by atoms with E-state index >= 15 is 0 Å². The van der Waals surface area contributed by atoms with Crippen molar-refractivity contribution in [1.29, 1.82) is 0 Å². The zero-order valence-corrected chi connectivity index (χ0v) is 23.7. The number of rotatable bonds is 10. The Labute approximate surface area is 245 Å². The van der Waals surface area contributed by atoms with Gasteiger partial charge in [0.1, 0.15) is 5.75 Å². The van der Waals surface area contributed by atoms with Crippen molar-refractivity contribution < 1.29 is 19.1 Å². The van der Waals surface area contributed by atoms with E-state index in [1.807, 2.05) is 0 Å². The summed E-state index contributed by atoms with van der Waals surface area (Å²) < 4.78 is 7.15. The Morgan fingerprint density at radius 2 is 1.79 bits per heavy atom. The standard InChI is InChI=1S/C29H29N9O5/c1-30-27(40)23-21(12-22(36-37-23)35-26(39)16-9-10-16)34-20-8-4-7-19(24(20)43-3)18-14-31-25(32-15-18)28(41)33-13-17-6-5-11-38(2)29(17)42/h4-8,11-12,14-16H,9-10,13H2,1-3H3,(H,30,40)(H,33,41)(H2,34,35,36,39). The van der Waals surface area contributed by atoms with E-state index in [1.54, 1.807) is 43.6 Å². The van der Waals surface area contributed by atoms with Gasteiger partial charge >= 0.3 is 0 Å². The molecule has 14 nitrogen and oxygen atoms in total. The van der Waals surface area contributed by atoms with Gasteiger partial charge in [0.2, 0.25) is 11.7 Å². The van der Waals surface area contributed by atoms with Crippen LogP contribution in [0.15, 0.2) is 59.8 Å². The summed E-state index contributed by atoms with van der Waals surface area (Å²) in [4.78, 5) is 58.0. The van der Waals surface area contributed by atoms with Crippen molar-refractivity contribution in [1.82, 2.24) is 35.4 Å². The van der Waals surface area contributed by atoms with Gasteiger partial charge in [-0.3, -0.25) is 19.2 Å². The van der Waals surface area contributed by atoms with Gasteiger partial charge in [0, 0.05) is 67.9 Å². The van der Waals surface area contributed by atoms with Crippen molar-refractivity contribution in [2.75, 3.05) is 24.8 Å². The Bertz CT molecular complexity index is 1750. The van der Waals surface area contributed by atoms with Gasteiger partial charge in [0.15, 0.2) is 11.5 Å². The lowest BCUT2D eigenvalue weighted by Crippen LogP contribution is -2.29. The van der Waals surface area contributed by atoms with E-state index in [-0.39, 0.29) is 41.3 Å². The van der Waals surface area contributed by atoms with Gasteiger partial charge in [-0.15, -0.1) is 10.2 Å². The topological polar surface area (TPSA) is 182 Å². The molecule has 5 rings (SSSR count).